The van der Waals surface area contributed by atoms with Crippen LogP contribution in [0.15, 0.2) is 24.3 Å². The number of anilines is 1. The van der Waals surface area contributed by atoms with Crippen LogP contribution < -0.4 is 9.80 Å². The lowest BCUT2D eigenvalue weighted by Crippen LogP contribution is -3.07. The molecule has 8 heteroatoms. The van der Waals surface area contributed by atoms with E-state index in [0.717, 1.165) is 55.7 Å². The number of benzene rings is 1. The molecule has 27 heavy (non-hydrogen) atoms. The van der Waals surface area contributed by atoms with E-state index < -0.39 is 0 Å². The summed E-state index contributed by atoms with van der Waals surface area (Å²) in [5, 5.41) is 4.85. The molecule has 148 valence electrons. The van der Waals surface area contributed by atoms with Gasteiger partial charge in [-0.15, -0.1) is 5.10 Å². The number of ether oxygens (including phenoxy) is 1. The van der Waals surface area contributed by atoms with Crippen molar-refractivity contribution >= 4 is 18.2 Å². The maximum Gasteiger partial charge on any atom is 0.226 e. The van der Waals surface area contributed by atoms with E-state index in [0.29, 0.717) is 12.6 Å². The fourth-order valence-corrected chi connectivity index (χ4v) is 3.58. The van der Waals surface area contributed by atoms with E-state index in [-0.39, 0.29) is 5.82 Å². The molecule has 2 heterocycles. The van der Waals surface area contributed by atoms with Crippen molar-refractivity contribution in [3.8, 4) is 0 Å². The number of rotatable bonds is 7. The summed E-state index contributed by atoms with van der Waals surface area (Å²) in [6.07, 6.45) is 0. The summed E-state index contributed by atoms with van der Waals surface area (Å²) in [6, 6.07) is 6.66. The number of aromatic nitrogens is 3. The topological polar surface area (TPSA) is 39.7 Å². The molecular weight excluding hydrogens is 365 g/mol. The van der Waals surface area contributed by atoms with Crippen molar-refractivity contribution < 1.29 is 14.0 Å². The zero-order chi connectivity index (χ0) is 19.4. The molecule has 1 saturated heterocycles. The summed E-state index contributed by atoms with van der Waals surface area (Å²) in [4.78, 5) is 3.49. The lowest BCUT2D eigenvalue weighted by molar-refractivity contribution is -0.917. The Hall–Kier alpha value is -1.77. The van der Waals surface area contributed by atoms with Gasteiger partial charge in [-0.05, 0) is 30.3 Å². The van der Waals surface area contributed by atoms with E-state index in [1.807, 2.05) is 16.8 Å². The Morgan fingerprint density at radius 2 is 1.89 bits per heavy atom. The van der Waals surface area contributed by atoms with Gasteiger partial charge in [0.25, 0.3) is 0 Å². The third kappa shape index (κ3) is 5.15. The van der Waals surface area contributed by atoms with Crippen LogP contribution in [0.3, 0.4) is 0 Å². The smallest absolute Gasteiger partial charge is 0.226 e. The van der Waals surface area contributed by atoms with Crippen LogP contribution in [0.2, 0.25) is 0 Å². The lowest BCUT2D eigenvalue weighted by atomic mass is 10.2. The van der Waals surface area contributed by atoms with Gasteiger partial charge in [-0.3, -0.25) is 4.57 Å². The first kappa shape index (κ1) is 20.0. The summed E-state index contributed by atoms with van der Waals surface area (Å²) in [5.74, 6) is 1.21. The van der Waals surface area contributed by atoms with E-state index in [2.05, 4.69) is 30.4 Å². The molecule has 1 aliphatic rings. The molecule has 1 atom stereocenters. The summed E-state index contributed by atoms with van der Waals surface area (Å²) in [7, 11) is 2.10. The minimum Gasteiger partial charge on any atom is -0.378 e. The molecule has 1 unspecified atom stereocenters. The maximum absolute atomic E-state index is 13.1. The highest BCUT2D eigenvalue weighted by Gasteiger charge is 2.21. The van der Waals surface area contributed by atoms with E-state index in [1.165, 1.54) is 17.0 Å². The first-order valence-electron chi connectivity index (χ1n) is 9.50. The molecule has 1 N–H and O–H groups in total. The average Bonchev–Trinajstić information content (AvgIpc) is 2.93. The molecule has 0 aliphatic carbocycles. The normalized spacial score (nSPS) is 16.1. The van der Waals surface area contributed by atoms with E-state index in [1.54, 1.807) is 0 Å². The van der Waals surface area contributed by atoms with Gasteiger partial charge in [-0.1, -0.05) is 26.0 Å². The van der Waals surface area contributed by atoms with Crippen LogP contribution >= 0.6 is 12.2 Å². The summed E-state index contributed by atoms with van der Waals surface area (Å²) < 4.78 is 23.4. The largest absolute Gasteiger partial charge is 0.378 e. The number of hydrogen-bond donors (Lipinski definition) is 1. The fourth-order valence-electron chi connectivity index (χ4n) is 3.32. The van der Waals surface area contributed by atoms with Crippen molar-refractivity contribution in [1.29, 1.82) is 0 Å². The quantitative estimate of drug-likeness (QED) is 0.726. The first-order chi connectivity index (χ1) is 12.9. The molecule has 0 bridgehead atoms. The van der Waals surface area contributed by atoms with Gasteiger partial charge >= 0.3 is 0 Å². The van der Waals surface area contributed by atoms with Crippen LogP contribution in [0.1, 0.15) is 19.4 Å². The van der Waals surface area contributed by atoms with Crippen LogP contribution in [-0.2, 0) is 24.5 Å². The van der Waals surface area contributed by atoms with Gasteiger partial charge in [0.15, 0.2) is 6.67 Å². The third-order valence-corrected chi connectivity index (χ3v) is 5.01. The Kier molecular flexibility index (Phi) is 6.62. The molecule has 6 nitrogen and oxygen atoms in total. The fraction of sp³-hybridized carbons (Fsp3) is 0.579. The molecular formula is C19H29FN5OS+. The Morgan fingerprint density at radius 1 is 1.22 bits per heavy atom. The molecule has 1 fully saturated rings. The minimum atomic E-state index is -0.207. The van der Waals surface area contributed by atoms with Gasteiger partial charge in [0.1, 0.15) is 12.4 Å². The Labute approximate surface area is 165 Å². The van der Waals surface area contributed by atoms with Gasteiger partial charge in [0, 0.05) is 25.2 Å². The van der Waals surface area contributed by atoms with Gasteiger partial charge in [-0.25, -0.2) is 4.39 Å². The second-order valence-corrected chi connectivity index (χ2v) is 7.97. The van der Waals surface area contributed by atoms with Crippen molar-refractivity contribution in [2.24, 2.45) is 5.92 Å². The highest BCUT2D eigenvalue weighted by Crippen LogP contribution is 2.17. The Bertz CT molecular complexity index is 795. The van der Waals surface area contributed by atoms with Crippen LogP contribution in [0.5, 0.6) is 0 Å². The molecule has 0 spiro atoms. The zero-order valence-corrected chi connectivity index (χ0v) is 17.1. The predicted octanol–water partition coefficient (Wildman–Crippen LogP) is 1.72. The predicted molar refractivity (Wildman–Crippen MR) is 106 cm³/mol. The SMILES string of the molecule is CC(C)Cn1c(N2CCOCC2)nn(C[NH+](C)Cc2ccc(F)cc2)c1=S. The second kappa shape index (κ2) is 8.95. The number of quaternary nitrogens is 1. The summed E-state index contributed by atoms with van der Waals surface area (Å²) >= 11 is 5.74. The van der Waals surface area contributed by atoms with Crippen molar-refractivity contribution in [1.82, 2.24) is 14.3 Å². The first-order valence-corrected chi connectivity index (χ1v) is 9.91. The Balaban J connectivity index is 1.78. The van der Waals surface area contributed by atoms with E-state index in [4.69, 9.17) is 22.1 Å². The molecule has 3 rings (SSSR count). The van der Waals surface area contributed by atoms with Gasteiger partial charge in [-0.2, -0.15) is 4.68 Å². The van der Waals surface area contributed by atoms with Crippen molar-refractivity contribution in [2.75, 3.05) is 38.3 Å². The lowest BCUT2D eigenvalue weighted by Gasteiger charge is -2.28. The summed E-state index contributed by atoms with van der Waals surface area (Å²) in [5.41, 5.74) is 1.09. The van der Waals surface area contributed by atoms with Gasteiger partial charge in [0.05, 0.1) is 20.3 Å². The number of halogens is 1. The number of nitrogens with zero attached hydrogens (tertiary/aromatic N) is 4. The standard InChI is InChI=1S/C19H28FN5OS/c1-15(2)12-24-18(23-8-10-26-11-9-23)21-25(19(24)27)14-22(3)13-16-4-6-17(20)7-5-16/h4-7,15H,8-14H2,1-3H3/p+1. The van der Waals surface area contributed by atoms with Crippen LogP contribution in [-0.4, -0.2) is 47.7 Å². The number of nitrogens with one attached hydrogen (secondary N) is 1. The third-order valence-electron chi connectivity index (χ3n) is 4.58. The molecule has 1 aliphatic heterocycles. The van der Waals surface area contributed by atoms with Crippen LogP contribution in [0, 0.1) is 16.5 Å². The highest BCUT2D eigenvalue weighted by atomic mass is 32.1. The molecule has 1 aromatic carbocycles. The van der Waals surface area contributed by atoms with Gasteiger partial charge in [0.2, 0.25) is 10.7 Å². The van der Waals surface area contributed by atoms with Crippen molar-refractivity contribution in [3.63, 3.8) is 0 Å². The highest BCUT2D eigenvalue weighted by molar-refractivity contribution is 7.71. The van der Waals surface area contributed by atoms with Crippen LogP contribution in [0.25, 0.3) is 0 Å². The maximum atomic E-state index is 13.1. The molecule has 1 aromatic heterocycles. The van der Waals surface area contributed by atoms with Crippen LogP contribution in [0.4, 0.5) is 10.3 Å². The molecule has 0 amide bonds. The number of hydrogen-bond acceptors (Lipinski definition) is 4. The zero-order valence-electron chi connectivity index (χ0n) is 16.3. The minimum absolute atomic E-state index is 0.207. The summed E-state index contributed by atoms with van der Waals surface area (Å²) in [6.45, 7) is 9.79. The number of morpholine rings is 1. The second-order valence-electron chi connectivity index (χ2n) is 7.60. The monoisotopic (exact) mass is 394 g/mol. The molecule has 2 aromatic rings. The molecule has 0 saturated carbocycles. The van der Waals surface area contributed by atoms with E-state index in [9.17, 15) is 4.39 Å². The average molecular weight is 395 g/mol. The van der Waals surface area contributed by atoms with Crippen molar-refractivity contribution in [2.45, 2.75) is 33.6 Å². The molecule has 0 radical (unpaired) electrons. The van der Waals surface area contributed by atoms with Crippen molar-refractivity contribution in [3.05, 3.63) is 40.4 Å². The van der Waals surface area contributed by atoms with E-state index >= 15 is 0 Å². The van der Waals surface area contributed by atoms with Gasteiger partial charge < -0.3 is 14.5 Å². The Morgan fingerprint density at radius 3 is 2.52 bits per heavy atom.